The zero-order chi connectivity index (χ0) is 22.0. The largest absolute Gasteiger partial charge is 0.370 e. The minimum atomic E-state index is -2.79. The van der Waals surface area contributed by atoms with Crippen LogP contribution in [0.25, 0.3) is 0 Å². The number of alkyl halides is 2. The van der Waals surface area contributed by atoms with Crippen LogP contribution in [0.5, 0.6) is 0 Å². The van der Waals surface area contributed by atoms with E-state index in [1.54, 1.807) is 6.07 Å². The Balaban J connectivity index is 1.50. The van der Waals surface area contributed by atoms with E-state index in [1.807, 2.05) is 0 Å². The van der Waals surface area contributed by atoms with Crippen LogP contribution in [0.15, 0.2) is 18.2 Å². The number of ether oxygens (including phenoxy) is 1. The van der Waals surface area contributed by atoms with E-state index in [0.717, 1.165) is 38.8 Å². The highest BCUT2D eigenvalue weighted by Gasteiger charge is 2.35. The number of anilines is 2. The van der Waals surface area contributed by atoms with E-state index in [1.165, 1.54) is 17.0 Å². The third kappa shape index (κ3) is 5.58. The minimum Gasteiger partial charge on any atom is -0.370 e. The molecule has 0 aromatic heterocycles. The number of hydrogen-bond donors (Lipinski definition) is 2. The fourth-order valence-corrected chi connectivity index (χ4v) is 4.03. The molecule has 2 aliphatic carbocycles. The van der Waals surface area contributed by atoms with E-state index in [-0.39, 0.29) is 36.2 Å². The molecule has 2 amide bonds. The summed E-state index contributed by atoms with van der Waals surface area (Å²) in [6, 6.07) is 3.74. The van der Waals surface area contributed by atoms with Crippen LogP contribution in [0.2, 0.25) is 0 Å². The van der Waals surface area contributed by atoms with E-state index in [0.29, 0.717) is 30.7 Å². The molecule has 1 saturated heterocycles. The topological polar surface area (TPSA) is 87.9 Å². The number of nitrogens with one attached hydrogen (secondary N) is 1. The quantitative estimate of drug-likeness (QED) is 0.588. The van der Waals surface area contributed by atoms with E-state index in [9.17, 15) is 18.4 Å². The van der Waals surface area contributed by atoms with Crippen LogP contribution in [0.3, 0.4) is 0 Å². The van der Waals surface area contributed by atoms with Gasteiger partial charge >= 0.3 is 0 Å². The molecule has 170 valence electrons. The monoisotopic (exact) mass is 436 g/mol. The van der Waals surface area contributed by atoms with Gasteiger partial charge in [-0.15, -0.1) is 0 Å². The van der Waals surface area contributed by atoms with E-state index >= 15 is 0 Å². The summed E-state index contributed by atoms with van der Waals surface area (Å²) < 4.78 is 32.7. The summed E-state index contributed by atoms with van der Waals surface area (Å²) in [7, 11) is 0. The fourth-order valence-electron chi connectivity index (χ4n) is 4.03. The van der Waals surface area contributed by atoms with Gasteiger partial charge in [-0.25, -0.2) is 8.78 Å². The summed E-state index contributed by atoms with van der Waals surface area (Å²) in [4.78, 5) is 28.7. The molecule has 3 fully saturated rings. The van der Waals surface area contributed by atoms with Crippen molar-refractivity contribution in [2.75, 3.05) is 49.6 Å². The van der Waals surface area contributed by atoms with Crippen molar-refractivity contribution in [3.8, 4) is 0 Å². The van der Waals surface area contributed by atoms with Gasteiger partial charge in [0.05, 0.1) is 6.61 Å². The number of amides is 2. The molecule has 0 bridgehead atoms. The second-order valence-corrected chi connectivity index (χ2v) is 8.75. The van der Waals surface area contributed by atoms with E-state index < -0.39 is 12.5 Å². The van der Waals surface area contributed by atoms with Gasteiger partial charge in [-0.2, -0.15) is 0 Å². The number of rotatable bonds is 10. The van der Waals surface area contributed by atoms with Crippen molar-refractivity contribution in [1.82, 2.24) is 4.90 Å². The van der Waals surface area contributed by atoms with Gasteiger partial charge < -0.3 is 20.7 Å². The van der Waals surface area contributed by atoms with Crippen LogP contribution < -0.4 is 16.0 Å². The van der Waals surface area contributed by atoms with Crippen molar-refractivity contribution in [3.63, 3.8) is 0 Å². The molecule has 0 radical (unpaired) electrons. The molecule has 1 atom stereocenters. The van der Waals surface area contributed by atoms with Gasteiger partial charge in [-0.05, 0) is 55.7 Å². The predicted molar refractivity (Wildman–Crippen MR) is 113 cm³/mol. The number of halogens is 2. The maximum absolute atomic E-state index is 13.8. The number of nitrogens with zero attached hydrogens (tertiary/aromatic N) is 2. The first-order chi connectivity index (χ1) is 15.0. The zero-order valence-corrected chi connectivity index (χ0v) is 17.6. The average Bonchev–Trinajstić information content (AvgIpc) is 3.66. The fraction of sp³-hybridized carbons (Fsp3) is 0.636. The summed E-state index contributed by atoms with van der Waals surface area (Å²) in [5.41, 5.74) is 6.07. The van der Waals surface area contributed by atoms with Crippen LogP contribution in [0.1, 0.15) is 37.7 Å². The van der Waals surface area contributed by atoms with E-state index in [4.69, 9.17) is 10.5 Å². The second kappa shape index (κ2) is 9.58. The first-order valence-electron chi connectivity index (χ1n) is 11.0. The summed E-state index contributed by atoms with van der Waals surface area (Å²) in [6.45, 7) is 2.37. The Labute approximate surface area is 180 Å². The van der Waals surface area contributed by atoms with E-state index in [2.05, 4.69) is 10.2 Å². The molecule has 1 aliphatic heterocycles. The van der Waals surface area contributed by atoms with Gasteiger partial charge in [-0.3, -0.25) is 14.5 Å². The van der Waals surface area contributed by atoms with Crippen molar-refractivity contribution < 1.29 is 23.1 Å². The molecular formula is C22H30F2N4O3. The summed E-state index contributed by atoms with van der Waals surface area (Å²) in [5, 5.41) is 2.68. The first kappa shape index (κ1) is 22.1. The predicted octanol–water partition coefficient (Wildman–Crippen LogP) is 2.38. The van der Waals surface area contributed by atoms with Crippen LogP contribution in [-0.2, 0) is 14.3 Å². The summed E-state index contributed by atoms with van der Waals surface area (Å²) >= 11 is 0. The van der Waals surface area contributed by atoms with Gasteiger partial charge in [0.15, 0.2) is 0 Å². The lowest BCUT2D eigenvalue weighted by Gasteiger charge is -2.31. The number of morpholine rings is 1. The zero-order valence-electron chi connectivity index (χ0n) is 17.6. The van der Waals surface area contributed by atoms with Gasteiger partial charge in [-0.1, -0.05) is 0 Å². The molecule has 1 aromatic carbocycles. The van der Waals surface area contributed by atoms with Crippen LogP contribution in [-0.4, -0.2) is 62.1 Å². The Morgan fingerprint density at radius 2 is 1.90 bits per heavy atom. The van der Waals surface area contributed by atoms with Crippen molar-refractivity contribution in [2.24, 2.45) is 17.6 Å². The third-order valence-electron chi connectivity index (χ3n) is 6.17. The number of carbonyl (C=O) groups excluding carboxylic acids is 2. The van der Waals surface area contributed by atoms with Crippen LogP contribution in [0, 0.1) is 11.8 Å². The van der Waals surface area contributed by atoms with Crippen molar-refractivity contribution in [1.29, 1.82) is 0 Å². The Bertz CT molecular complexity index is 800. The molecule has 1 aromatic rings. The molecule has 31 heavy (non-hydrogen) atoms. The average molecular weight is 437 g/mol. The summed E-state index contributed by atoms with van der Waals surface area (Å²) in [6.07, 6.45) is 1.86. The molecule has 9 heteroatoms. The van der Waals surface area contributed by atoms with Gasteiger partial charge in [0, 0.05) is 43.1 Å². The number of benzene rings is 1. The minimum absolute atomic E-state index is 0.0562. The Kier molecular flexibility index (Phi) is 6.83. The van der Waals surface area contributed by atoms with Crippen molar-refractivity contribution in [3.05, 3.63) is 23.8 Å². The Morgan fingerprint density at radius 1 is 1.23 bits per heavy atom. The molecule has 2 saturated carbocycles. The molecule has 3 N–H and O–H groups in total. The Morgan fingerprint density at radius 3 is 2.45 bits per heavy atom. The molecule has 1 heterocycles. The van der Waals surface area contributed by atoms with Crippen LogP contribution >= 0.6 is 0 Å². The SMILES string of the molecule is NC[C@@H](C(=O)Nc1ccc(N2CCOCC2=O)cc1C(F)F)N(CC1CC1)CC1CC1. The highest BCUT2D eigenvalue weighted by Crippen LogP contribution is 2.35. The van der Waals surface area contributed by atoms with Gasteiger partial charge in [0.2, 0.25) is 5.91 Å². The second-order valence-electron chi connectivity index (χ2n) is 8.75. The lowest BCUT2D eigenvalue weighted by atomic mass is 10.1. The Hall–Kier alpha value is -2.10. The van der Waals surface area contributed by atoms with Crippen LogP contribution in [0.4, 0.5) is 20.2 Å². The maximum atomic E-state index is 13.8. The smallest absolute Gasteiger partial charge is 0.265 e. The van der Waals surface area contributed by atoms with Gasteiger partial charge in [0.1, 0.15) is 12.6 Å². The lowest BCUT2D eigenvalue weighted by Crippen LogP contribution is -2.50. The molecule has 4 rings (SSSR count). The maximum Gasteiger partial charge on any atom is 0.265 e. The molecule has 3 aliphatic rings. The number of nitrogens with two attached hydrogens (primary N) is 1. The van der Waals surface area contributed by atoms with Crippen molar-refractivity contribution in [2.45, 2.75) is 38.2 Å². The highest BCUT2D eigenvalue weighted by molar-refractivity contribution is 5.97. The highest BCUT2D eigenvalue weighted by atomic mass is 19.3. The molecule has 0 spiro atoms. The van der Waals surface area contributed by atoms with Crippen molar-refractivity contribution >= 4 is 23.2 Å². The molecule has 7 nitrogen and oxygen atoms in total. The molecular weight excluding hydrogens is 406 g/mol. The number of hydrogen-bond acceptors (Lipinski definition) is 5. The first-order valence-corrected chi connectivity index (χ1v) is 11.0. The third-order valence-corrected chi connectivity index (χ3v) is 6.17. The lowest BCUT2D eigenvalue weighted by molar-refractivity contribution is -0.125. The normalized spacial score (nSPS) is 20.4. The standard InChI is InChI=1S/C22H30F2N4O3/c23-21(24)17-9-16(28-7-8-31-13-20(28)29)5-6-18(17)26-22(30)19(10-25)27(11-14-1-2-14)12-15-3-4-15/h5-6,9,14-15,19,21H,1-4,7-8,10-13,25H2,(H,26,30)/t19-/m0/s1. The summed E-state index contributed by atoms with van der Waals surface area (Å²) in [5.74, 6) is 0.563. The van der Waals surface area contributed by atoms with Gasteiger partial charge in [0.25, 0.3) is 12.3 Å². The number of carbonyl (C=O) groups is 2. The molecule has 0 unspecified atom stereocenters.